The predicted molar refractivity (Wildman–Crippen MR) is 147 cm³/mol. The van der Waals surface area contributed by atoms with Crippen LogP contribution >= 0.6 is 0 Å². The summed E-state index contributed by atoms with van der Waals surface area (Å²) < 4.78 is 79.8. The van der Waals surface area contributed by atoms with Crippen LogP contribution in [0.15, 0.2) is 59.9 Å². The number of pyridine rings is 1. The van der Waals surface area contributed by atoms with Crippen LogP contribution in [0.25, 0.3) is 21.9 Å². The van der Waals surface area contributed by atoms with Gasteiger partial charge in [-0.05, 0) is 70.1 Å². The Kier molecular flexibility index (Phi) is 10.7. The lowest BCUT2D eigenvalue weighted by atomic mass is 9.96. The lowest BCUT2D eigenvalue weighted by Crippen LogP contribution is -2.36. The topological polar surface area (TPSA) is 92.4 Å². The van der Waals surface area contributed by atoms with Crippen LogP contribution in [0, 0.1) is 17.1 Å². The predicted octanol–water partition coefficient (Wildman–Crippen LogP) is 6.22. The molecule has 0 unspecified atom stereocenters. The van der Waals surface area contributed by atoms with Crippen molar-refractivity contribution >= 4 is 20.9 Å². The van der Waals surface area contributed by atoms with Gasteiger partial charge in [0.25, 0.3) is 5.56 Å². The molecule has 0 N–H and O–H groups in total. The van der Waals surface area contributed by atoms with Gasteiger partial charge < -0.3 is 4.18 Å². The average Bonchev–Trinajstić information content (AvgIpc) is 2.85. The van der Waals surface area contributed by atoms with E-state index in [-0.39, 0.29) is 34.1 Å². The quantitative estimate of drug-likeness (QED) is 0.136. The van der Waals surface area contributed by atoms with Crippen molar-refractivity contribution in [2.75, 3.05) is 6.54 Å². The number of alkyl halides is 3. The summed E-state index contributed by atoms with van der Waals surface area (Å²) in [7, 11) is -5.97. The van der Waals surface area contributed by atoms with Crippen molar-refractivity contribution in [3.05, 3.63) is 77.0 Å². The molecule has 0 amide bonds. The second-order valence-corrected chi connectivity index (χ2v) is 10.8. The molecule has 0 aliphatic rings. The Labute approximate surface area is 231 Å². The van der Waals surface area contributed by atoms with Gasteiger partial charge in [-0.3, -0.25) is 14.3 Å². The zero-order valence-electron chi connectivity index (χ0n) is 22.8. The highest BCUT2D eigenvalue weighted by Crippen LogP contribution is 2.34. The molecule has 0 fully saturated rings. The summed E-state index contributed by atoms with van der Waals surface area (Å²) in [4.78, 5) is 15.3. The largest absolute Gasteiger partial charge is 0.534 e. The highest BCUT2D eigenvalue weighted by molar-refractivity contribution is 7.88. The van der Waals surface area contributed by atoms with E-state index in [9.17, 15) is 36.0 Å². The first-order valence-corrected chi connectivity index (χ1v) is 13.7. The molecule has 0 spiro atoms. The van der Waals surface area contributed by atoms with Gasteiger partial charge in [-0.1, -0.05) is 25.1 Å². The Morgan fingerprint density at radius 2 is 1.73 bits per heavy atom. The van der Waals surface area contributed by atoms with E-state index in [1.807, 2.05) is 6.07 Å². The van der Waals surface area contributed by atoms with Crippen molar-refractivity contribution in [3.63, 3.8) is 0 Å². The van der Waals surface area contributed by atoms with Crippen LogP contribution in [0.4, 0.5) is 17.6 Å². The second-order valence-electron chi connectivity index (χ2n) is 9.26. The van der Waals surface area contributed by atoms with Crippen LogP contribution in [0.2, 0.25) is 0 Å². The molecule has 7 nitrogen and oxygen atoms in total. The minimum Gasteiger partial charge on any atom is -0.376 e. The fraction of sp³-hybridized carbons (Fsp3) is 0.357. The van der Waals surface area contributed by atoms with Crippen molar-refractivity contribution in [3.8, 4) is 22.9 Å². The van der Waals surface area contributed by atoms with Gasteiger partial charge in [-0.2, -0.15) is 26.9 Å². The van der Waals surface area contributed by atoms with Gasteiger partial charge >= 0.3 is 15.6 Å². The van der Waals surface area contributed by atoms with Gasteiger partial charge in [-0.25, -0.2) is 4.39 Å². The van der Waals surface area contributed by atoms with E-state index in [2.05, 4.69) is 50.3 Å². The molecular weight excluding hydrogens is 550 g/mol. The van der Waals surface area contributed by atoms with Gasteiger partial charge in [0.1, 0.15) is 23.3 Å². The molecule has 12 heteroatoms. The van der Waals surface area contributed by atoms with Crippen molar-refractivity contribution in [2.45, 2.75) is 58.8 Å². The molecule has 0 bridgehead atoms. The number of benzene rings is 2. The van der Waals surface area contributed by atoms with Crippen LogP contribution in [0.3, 0.4) is 0 Å². The van der Waals surface area contributed by atoms with E-state index in [4.69, 9.17) is 0 Å². The standard InChI is InChI=1S/C20H12F4N2O4S.C8H19N/c1-2-8-26-17(11-25)18(12-4-3-5-13(21)9-12)16-10-14(6-7-15(16)19(26)27)30-31(28,29)20(22,23)24;1-6-9(7(2)3)8(4)5/h2-7,9-10H,1,8H2;7-8H,6H2,1-5H3. The molecule has 1 aromatic heterocycles. The lowest BCUT2D eigenvalue weighted by Gasteiger charge is -2.28. The molecule has 0 saturated heterocycles. The number of hydrogen-bond acceptors (Lipinski definition) is 6. The lowest BCUT2D eigenvalue weighted by molar-refractivity contribution is -0.0500. The Bertz CT molecular complexity index is 1570. The number of nitrogens with zero attached hydrogens (tertiary/aromatic N) is 3. The minimum absolute atomic E-state index is 0.0216. The number of fused-ring (bicyclic) bond motifs is 1. The van der Waals surface area contributed by atoms with Crippen LogP contribution in [-0.4, -0.2) is 42.0 Å². The van der Waals surface area contributed by atoms with Crippen molar-refractivity contribution in [1.29, 1.82) is 5.26 Å². The molecule has 3 aromatic rings. The number of rotatable bonds is 8. The number of allylic oxidation sites excluding steroid dienone is 1. The molecule has 0 aliphatic carbocycles. The summed E-state index contributed by atoms with van der Waals surface area (Å²) in [6, 6.07) is 11.0. The molecule has 1 heterocycles. The summed E-state index contributed by atoms with van der Waals surface area (Å²) in [6.45, 7) is 15.8. The molecule has 0 radical (unpaired) electrons. The van der Waals surface area contributed by atoms with Crippen LogP contribution in [0.5, 0.6) is 5.75 Å². The molecule has 0 atom stereocenters. The summed E-state index contributed by atoms with van der Waals surface area (Å²) in [5.41, 5.74) is -6.38. The Hall–Kier alpha value is -3.69. The molecule has 40 heavy (non-hydrogen) atoms. The summed E-state index contributed by atoms with van der Waals surface area (Å²) in [5.74, 6) is -1.39. The number of nitriles is 1. The third-order valence-corrected chi connectivity index (χ3v) is 6.93. The third-order valence-electron chi connectivity index (χ3n) is 5.95. The van der Waals surface area contributed by atoms with Gasteiger partial charge in [0.2, 0.25) is 0 Å². The molecule has 2 aromatic carbocycles. The SMILES string of the molecule is C=CCn1c(C#N)c(-c2cccc(F)c2)c2cc(OS(=O)(=O)C(F)(F)F)ccc2c1=O.CCN(C(C)C)C(C)C. The second kappa shape index (κ2) is 13.1. The van der Waals surface area contributed by atoms with Gasteiger partial charge in [0, 0.05) is 35.0 Å². The van der Waals surface area contributed by atoms with Crippen molar-refractivity contribution < 1.29 is 30.2 Å². The van der Waals surface area contributed by atoms with E-state index < -0.39 is 32.8 Å². The maximum Gasteiger partial charge on any atom is 0.534 e. The van der Waals surface area contributed by atoms with E-state index in [0.717, 1.165) is 41.4 Å². The zero-order chi connectivity index (χ0) is 30.4. The van der Waals surface area contributed by atoms with Crippen molar-refractivity contribution in [2.24, 2.45) is 0 Å². The summed E-state index contributed by atoms with van der Waals surface area (Å²) in [6.07, 6.45) is 1.36. The normalized spacial score (nSPS) is 11.9. The van der Waals surface area contributed by atoms with E-state index in [1.165, 1.54) is 18.2 Å². The summed E-state index contributed by atoms with van der Waals surface area (Å²) in [5, 5.41) is 9.56. The van der Waals surface area contributed by atoms with E-state index in [1.54, 1.807) is 0 Å². The highest BCUT2D eigenvalue weighted by atomic mass is 32.2. The van der Waals surface area contributed by atoms with Crippen LogP contribution in [-0.2, 0) is 16.7 Å². The first-order valence-electron chi connectivity index (χ1n) is 12.3. The van der Waals surface area contributed by atoms with Gasteiger partial charge in [0.05, 0.1) is 0 Å². The Balaban J connectivity index is 0.000000536. The first-order chi connectivity index (χ1) is 18.6. The smallest absolute Gasteiger partial charge is 0.376 e. The molecule has 0 aliphatic heterocycles. The van der Waals surface area contributed by atoms with E-state index in [0.29, 0.717) is 12.1 Å². The summed E-state index contributed by atoms with van der Waals surface area (Å²) >= 11 is 0. The molecule has 0 saturated carbocycles. The number of aromatic nitrogens is 1. The van der Waals surface area contributed by atoms with Gasteiger partial charge in [0.15, 0.2) is 0 Å². The minimum atomic E-state index is -5.97. The Morgan fingerprint density at radius 1 is 1.10 bits per heavy atom. The maximum atomic E-state index is 13.9. The maximum absolute atomic E-state index is 13.9. The first kappa shape index (κ1) is 32.5. The fourth-order valence-corrected chi connectivity index (χ4v) is 4.79. The van der Waals surface area contributed by atoms with Gasteiger partial charge in [-0.15, -0.1) is 6.58 Å². The van der Waals surface area contributed by atoms with E-state index >= 15 is 0 Å². The number of hydrogen-bond donors (Lipinski definition) is 0. The Morgan fingerprint density at radius 3 is 2.17 bits per heavy atom. The number of halogens is 4. The molecule has 216 valence electrons. The average molecular weight is 582 g/mol. The van der Waals surface area contributed by atoms with Crippen LogP contribution in [0.1, 0.15) is 40.3 Å². The van der Waals surface area contributed by atoms with Crippen molar-refractivity contribution in [1.82, 2.24) is 9.47 Å². The fourth-order valence-electron chi connectivity index (χ4n) is 4.33. The van der Waals surface area contributed by atoms with Crippen LogP contribution < -0.4 is 9.74 Å². The molecule has 3 rings (SSSR count). The third kappa shape index (κ3) is 7.28. The monoisotopic (exact) mass is 581 g/mol. The highest BCUT2D eigenvalue weighted by Gasteiger charge is 2.48. The molecular formula is C28H31F4N3O4S. The zero-order valence-corrected chi connectivity index (χ0v) is 23.6.